The summed E-state index contributed by atoms with van der Waals surface area (Å²) in [6.07, 6.45) is 0.689. The Hall–Kier alpha value is -2.19. The molecular weight excluding hydrogens is 358 g/mol. The first kappa shape index (κ1) is 22.1. The van der Waals surface area contributed by atoms with Crippen LogP contribution < -0.4 is 5.73 Å². The molecule has 8 nitrogen and oxygen atoms in total. The molecule has 156 valence electrons. The number of pyridine rings is 1. The van der Waals surface area contributed by atoms with E-state index >= 15 is 0 Å². The molecule has 0 saturated heterocycles. The smallest absolute Gasteiger partial charge is 0.224 e. The highest BCUT2D eigenvalue weighted by Crippen LogP contribution is 2.26. The number of amides is 1. The van der Waals surface area contributed by atoms with Gasteiger partial charge in [0.25, 0.3) is 0 Å². The van der Waals surface area contributed by atoms with Gasteiger partial charge in [0.05, 0.1) is 25.3 Å². The second-order valence-electron chi connectivity index (χ2n) is 7.35. The van der Waals surface area contributed by atoms with Crippen LogP contribution in [0.3, 0.4) is 0 Å². The van der Waals surface area contributed by atoms with Gasteiger partial charge in [-0.15, -0.1) is 0 Å². The van der Waals surface area contributed by atoms with Crippen molar-refractivity contribution in [3.63, 3.8) is 0 Å². The highest BCUT2D eigenvalue weighted by Gasteiger charge is 2.17. The highest BCUT2D eigenvalue weighted by atomic mass is 16.5. The van der Waals surface area contributed by atoms with Crippen LogP contribution in [0.4, 0.5) is 5.82 Å². The van der Waals surface area contributed by atoms with Crippen molar-refractivity contribution in [1.29, 1.82) is 0 Å². The molecule has 0 bridgehead atoms. The Morgan fingerprint density at radius 1 is 1.21 bits per heavy atom. The standard InChI is InChI=1S/C20H33N5O3/c1-13(2)20(26)24(5)8-11-28-12-9-25-16(7-10-27-6)23-17-18(25)14(3)15(4)22-19(17)21/h13H,7-12H2,1-6H3,(H2,21,22). The molecule has 2 aromatic rings. The molecule has 8 heteroatoms. The third-order valence-corrected chi connectivity index (χ3v) is 4.91. The molecule has 2 rings (SSSR count). The van der Waals surface area contributed by atoms with Crippen molar-refractivity contribution in [2.45, 2.75) is 40.7 Å². The number of likely N-dealkylation sites (N-methyl/N-ethyl adjacent to an activating group) is 1. The second kappa shape index (κ2) is 9.84. The number of anilines is 1. The Balaban J connectivity index is 2.09. The van der Waals surface area contributed by atoms with E-state index in [2.05, 4.69) is 9.55 Å². The number of carbonyl (C=O) groups excluding carboxylic acids is 1. The number of aromatic nitrogens is 3. The summed E-state index contributed by atoms with van der Waals surface area (Å²) < 4.78 is 13.2. The Labute approximate surface area is 167 Å². The number of nitrogens with zero attached hydrogens (tertiary/aromatic N) is 4. The molecular formula is C20H33N5O3. The van der Waals surface area contributed by atoms with Gasteiger partial charge in [-0.2, -0.15) is 0 Å². The van der Waals surface area contributed by atoms with Crippen LogP contribution in [0.5, 0.6) is 0 Å². The van der Waals surface area contributed by atoms with Crippen molar-refractivity contribution in [3.8, 4) is 0 Å². The molecule has 0 spiro atoms. The molecule has 0 atom stereocenters. The Bertz CT molecular complexity index is 816. The molecule has 0 unspecified atom stereocenters. The van der Waals surface area contributed by atoms with E-state index in [1.54, 1.807) is 19.1 Å². The van der Waals surface area contributed by atoms with Crippen LogP contribution in [0.25, 0.3) is 11.0 Å². The average molecular weight is 392 g/mol. The van der Waals surface area contributed by atoms with Crippen LogP contribution in [-0.2, 0) is 27.2 Å². The van der Waals surface area contributed by atoms with E-state index in [9.17, 15) is 4.79 Å². The van der Waals surface area contributed by atoms with Crippen molar-refractivity contribution < 1.29 is 14.3 Å². The average Bonchev–Trinajstić information content (AvgIpc) is 3.02. The fraction of sp³-hybridized carbons (Fsp3) is 0.650. The van der Waals surface area contributed by atoms with Crippen LogP contribution in [0.1, 0.15) is 30.9 Å². The first-order chi connectivity index (χ1) is 13.3. The van der Waals surface area contributed by atoms with Crippen LogP contribution in [-0.4, -0.2) is 65.9 Å². The lowest BCUT2D eigenvalue weighted by molar-refractivity contribution is -0.133. The van der Waals surface area contributed by atoms with Gasteiger partial charge in [0.1, 0.15) is 11.3 Å². The van der Waals surface area contributed by atoms with E-state index < -0.39 is 0 Å². The zero-order chi connectivity index (χ0) is 20.8. The van der Waals surface area contributed by atoms with Gasteiger partial charge in [0.2, 0.25) is 5.91 Å². The first-order valence-electron chi connectivity index (χ1n) is 9.71. The lowest BCUT2D eigenvalue weighted by atomic mass is 10.2. The van der Waals surface area contributed by atoms with E-state index in [1.165, 1.54) is 0 Å². The maximum absolute atomic E-state index is 11.9. The van der Waals surface area contributed by atoms with Gasteiger partial charge >= 0.3 is 0 Å². The summed E-state index contributed by atoms with van der Waals surface area (Å²) in [6, 6.07) is 0. The summed E-state index contributed by atoms with van der Waals surface area (Å²) in [4.78, 5) is 22.7. The number of aryl methyl sites for hydroxylation is 2. The van der Waals surface area contributed by atoms with Crippen molar-refractivity contribution in [2.75, 3.05) is 46.3 Å². The zero-order valence-corrected chi connectivity index (χ0v) is 17.9. The summed E-state index contributed by atoms with van der Waals surface area (Å²) >= 11 is 0. The molecule has 2 heterocycles. The van der Waals surface area contributed by atoms with E-state index in [4.69, 9.17) is 20.2 Å². The fourth-order valence-corrected chi connectivity index (χ4v) is 3.18. The minimum absolute atomic E-state index is 0.00376. The van der Waals surface area contributed by atoms with E-state index in [0.717, 1.165) is 28.1 Å². The maximum Gasteiger partial charge on any atom is 0.224 e. The van der Waals surface area contributed by atoms with Gasteiger partial charge in [0.15, 0.2) is 5.82 Å². The summed E-state index contributed by atoms with van der Waals surface area (Å²) in [7, 11) is 3.48. The Morgan fingerprint density at radius 3 is 2.57 bits per heavy atom. The monoisotopic (exact) mass is 391 g/mol. The molecule has 0 aliphatic rings. The minimum atomic E-state index is -0.00376. The maximum atomic E-state index is 11.9. The predicted molar refractivity (Wildman–Crippen MR) is 110 cm³/mol. The van der Waals surface area contributed by atoms with Crippen molar-refractivity contribution >= 4 is 22.8 Å². The third kappa shape index (κ3) is 4.99. The molecule has 0 aromatic carbocycles. The fourth-order valence-electron chi connectivity index (χ4n) is 3.18. The largest absolute Gasteiger partial charge is 0.384 e. The topological polar surface area (TPSA) is 95.5 Å². The van der Waals surface area contributed by atoms with Gasteiger partial charge in [-0.05, 0) is 19.4 Å². The summed E-state index contributed by atoms with van der Waals surface area (Å²) in [6.45, 7) is 10.6. The minimum Gasteiger partial charge on any atom is -0.384 e. The van der Waals surface area contributed by atoms with Gasteiger partial charge in [-0.3, -0.25) is 4.79 Å². The lowest BCUT2D eigenvalue weighted by Crippen LogP contribution is -2.33. The SMILES string of the molecule is COCCc1nc2c(N)nc(C)c(C)c2n1CCOCCN(C)C(=O)C(C)C. The quantitative estimate of drug-likeness (QED) is 0.622. The molecule has 0 fully saturated rings. The second-order valence-corrected chi connectivity index (χ2v) is 7.35. The number of methoxy groups -OCH3 is 1. The number of nitrogen functional groups attached to an aromatic ring is 1. The molecule has 0 radical (unpaired) electrons. The number of imidazole rings is 1. The number of fused-ring (bicyclic) bond motifs is 1. The van der Waals surface area contributed by atoms with Gasteiger partial charge in [-0.25, -0.2) is 9.97 Å². The van der Waals surface area contributed by atoms with E-state index in [-0.39, 0.29) is 11.8 Å². The molecule has 2 aromatic heterocycles. The normalized spacial score (nSPS) is 11.5. The third-order valence-electron chi connectivity index (χ3n) is 4.91. The summed E-state index contributed by atoms with van der Waals surface area (Å²) in [5, 5.41) is 0. The number of ether oxygens (including phenoxy) is 2. The van der Waals surface area contributed by atoms with Crippen LogP contribution in [0.15, 0.2) is 0 Å². The van der Waals surface area contributed by atoms with Crippen molar-refractivity contribution in [2.24, 2.45) is 5.92 Å². The molecule has 28 heavy (non-hydrogen) atoms. The number of hydrogen-bond acceptors (Lipinski definition) is 6. The zero-order valence-electron chi connectivity index (χ0n) is 17.9. The molecule has 0 aliphatic carbocycles. The number of hydrogen-bond donors (Lipinski definition) is 1. The van der Waals surface area contributed by atoms with Gasteiger partial charge < -0.3 is 24.7 Å². The lowest BCUT2D eigenvalue weighted by Gasteiger charge is -2.19. The van der Waals surface area contributed by atoms with Gasteiger partial charge in [-0.1, -0.05) is 13.8 Å². The van der Waals surface area contributed by atoms with E-state index in [1.807, 2.05) is 27.7 Å². The Morgan fingerprint density at radius 2 is 1.93 bits per heavy atom. The van der Waals surface area contributed by atoms with Crippen LogP contribution >= 0.6 is 0 Å². The molecule has 0 saturated carbocycles. The molecule has 1 amide bonds. The number of nitrogens with two attached hydrogens (primary N) is 1. The number of rotatable bonds is 10. The van der Waals surface area contributed by atoms with Gasteiger partial charge in [0, 0.05) is 45.3 Å². The molecule has 0 aliphatic heterocycles. The van der Waals surface area contributed by atoms with Crippen molar-refractivity contribution in [3.05, 3.63) is 17.1 Å². The first-order valence-corrected chi connectivity index (χ1v) is 9.71. The van der Waals surface area contributed by atoms with Crippen LogP contribution in [0.2, 0.25) is 0 Å². The summed E-state index contributed by atoms with van der Waals surface area (Å²) in [5.74, 6) is 1.48. The van der Waals surface area contributed by atoms with Crippen LogP contribution in [0, 0.1) is 19.8 Å². The highest BCUT2D eigenvalue weighted by molar-refractivity contribution is 5.88. The van der Waals surface area contributed by atoms with E-state index in [0.29, 0.717) is 45.1 Å². The predicted octanol–water partition coefficient (Wildman–Crippen LogP) is 1.95. The molecule has 2 N–H and O–H groups in total. The van der Waals surface area contributed by atoms with Crippen molar-refractivity contribution in [1.82, 2.24) is 19.4 Å². The summed E-state index contributed by atoms with van der Waals surface area (Å²) in [5.41, 5.74) is 9.83. The Kier molecular flexibility index (Phi) is 7.77. The number of carbonyl (C=O) groups is 1.